The summed E-state index contributed by atoms with van der Waals surface area (Å²) >= 11 is 1.54. The minimum absolute atomic E-state index is 0.0263. The van der Waals surface area contributed by atoms with Crippen LogP contribution in [0.4, 0.5) is 5.00 Å². The van der Waals surface area contributed by atoms with E-state index in [0.29, 0.717) is 25.7 Å². The number of hydrogen-bond donors (Lipinski definition) is 4. The van der Waals surface area contributed by atoms with Crippen LogP contribution in [-0.2, 0) is 19.6 Å². The highest BCUT2D eigenvalue weighted by molar-refractivity contribution is 7.89. The number of anilines is 1. The van der Waals surface area contributed by atoms with Gasteiger partial charge in [-0.05, 0) is 55.0 Å². The van der Waals surface area contributed by atoms with E-state index >= 15 is 0 Å². The Morgan fingerprint density at radius 2 is 1.74 bits per heavy atom. The minimum Gasteiger partial charge on any atom is -0.393 e. The third-order valence-electron chi connectivity index (χ3n) is 5.75. The van der Waals surface area contributed by atoms with Crippen LogP contribution in [0.15, 0.2) is 17.5 Å². The summed E-state index contributed by atoms with van der Waals surface area (Å²) in [5.74, 6) is -0.508. The molecule has 0 saturated heterocycles. The molecule has 1 saturated carbocycles. The van der Waals surface area contributed by atoms with Gasteiger partial charge in [0.15, 0.2) is 5.78 Å². The largest absolute Gasteiger partial charge is 0.393 e. The zero-order valence-corrected chi connectivity index (χ0v) is 19.6. The van der Waals surface area contributed by atoms with E-state index in [9.17, 15) is 28.2 Å². The van der Waals surface area contributed by atoms with Gasteiger partial charge in [0.2, 0.25) is 15.9 Å². The van der Waals surface area contributed by atoms with Gasteiger partial charge in [-0.15, -0.1) is 11.3 Å². The fraction of sp³-hybridized carbons (Fsp3) is 0.714. The number of hydrogen-bond acceptors (Lipinski definition) is 8. The molecule has 4 atom stereocenters. The summed E-state index contributed by atoms with van der Waals surface area (Å²) in [6.45, 7) is 0.267. The number of ketones is 1. The molecule has 1 amide bonds. The van der Waals surface area contributed by atoms with Gasteiger partial charge in [-0.2, -0.15) is 0 Å². The van der Waals surface area contributed by atoms with Crippen LogP contribution in [0, 0.1) is 11.8 Å². The molecule has 0 aliphatic heterocycles. The van der Waals surface area contributed by atoms with Gasteiger partial charge in [0.05, 0.1) is 30.0 Å². The molecule has 4 N–H and O–H groups in total. The molecule has 0 bridgehead atoms. The van der Waals surface area contributed by atoms with E-state index in [1.165, 1.54) is 0 Å². The van der Waals surface area contributed by atoms with Crippen molar-refractivity contribution in [2.75, 3.05) is 18.1 Å². The summed E-state index contributed by atoms with van der Waals surface area (Å²) in [4.78, 5) is 23.7. The Balaban J connectivity index is 1.65. The number of thiophene rings is 1. The Morgan fingerprint density at radius 3 is 2.39 bits per heavy atom. The number of amides is 1. The van der Waals surface area contributed by atoms with E-state index in [1.54, 1.807) is 11.3 Å². The SMILES string of the molecule is CS(=O)(=O)NC(=O)CCCCCCC1C(O)CC(O)C1CCC(=O)CNc1cccs1. The lowest BCUT2D eigenvalue weighted by atomic mass is 9.85. The Bertz CT molecular complexity index is 797. The quantitative estimate of drug-likeness (QED) is 0.304. The van der Waals surface area contributed by atoms with E-state index in [4.69, 9.17) is 0 Å². The Hall–Kier alpha value is -1.49. The van der Waals surface area contributed by atoms with Crippen molar-refractivity contribution < 1.29 is 28.2 Å². The van der Waals surface area contributed by atoms with Crippen molar-refractivity contribution in [3.8, 4) is 0 Å². The van der Waals surface area contributed by atoms with Gasteiger partial charge in [0.1, 0.15) is 0 Å². The van der Waals surface area contributed by atoms with Crippen LogP contribution in [0.25, 0.3) is 0 Å². The Morgan fingerprint density at radius 1 is 1.06 bits per heavy atom. The maximum Gasteiger partial charge on any atom is 0.233 e. The monoisotopic (exact) mass is 474 g/mol. The van der Waals surface area contributed by atoms with Crippen LogP contribution in [-0.4, -0.2) is 55.3 Å². The molecule has 1 aliphatic carbocycles. The number of aliphatic hydroxyl groups is 2. The first kappa shape index (κ1) is 25.8. The lowest BCUT2D eigenvalue weighted by Crippen LogP contribution is -2.28. The number of sulfonamides is 1. The van der Waals surface area contributed by atoms with Gasteiger partial charge in [-0.1, -0.05) is 19.3 Å². The van der Waals surface area contributed by atoms with Gasteiger partial charge in [0.25, 0.3) is 0 Å². The lowest BCUT2D eigenvalue weighted by Gasteiger charge is -2.23. The molecule has 0 spiro atoms. The van der Waals surface area contributed by atoms with Crippen LogP contribution < -0.4 is 10.0 Å². The fourth-order valence-electron chi connectivity index (χ4n) is 4.24. The molecule has 1 aromatic rings. The predicted octanol–water partition coefficient (Wildman–Crippen LogP) is 2.28. The van der Waals surface area contributed by atoms with E-state index in [-0.39, 0.29) is 30.6 Å². The summed E-state index contributed by atoms with van der Waals surface area (Å²) < 4.78 is 23.9. The molecule has 8 nitrogen and oxygen atoms in total. The fourth-order valence-corrected chi connectivity index (χ4v) is 5.37. The smallest absolute Gasteiger partial charge is 0.233 e. The molecule has 2 rings (SSSR count). The molecule has 0 aromatic carbocycles. The standard InChI is InChI=1S/C21H34N2O6S2/c1-31(28,29)23-20(27)8-5-3-2-4-7-16-17(19(26)13-18(16)25)11-10-15(24)14-22-21-9-6-12-30-21/h6,9,12,16-19,22,25-26H,2-5,7-8,10-11,13-14H2,1H3,(H,23,27). The molecule has 31 heavy (non-hydrogen) atoms. The molecule has 10 heteroatoms. The first-order valence-corrected chi connectivity index (χ1v) is 13.6. The second-order valence-corrected chi connectivity index (χ2v) is 11.1. The number of nitrogens with one attached hydrogen (secondary N) is 2. The number of rotatable bonds is 14. The maximum absolute atomic E-state index is 12.2. The van der Waals surface area contributed by atoms with Crippen LogP contribution in [0.2, 0.25) is 0 Å². The van der Waals surface area contributed by atoms with E-state index in [2.05, 4.69) is 5.32 Å². The average molecular weight is 475 g/mol. The van der Waals surface area contributed by atoms with Gasteiger partial charge >= 0.3 is 0 Å². The second kappa shape index (κ2) is 12.5. The van der Waals surface area contributed by atoms with Crippen molar-refractivity contribution in [3.05, 3.63) is 17.5 Å². The van der Waals surface area contributed by atoms with Gasteiger partial charge in [-0.3, -0.25) is 14.3 Å². The number of unbranched alkanes of at least 4 members (excludes halogenated alkanes) is 3. The number of aliphatic hydroxyl groups excluding tert-OH is 2. The topological polar surface area (TPSA) is 133 Å². The minimum atomic E-state index is -3.50. The molecule has 1 fully saturated rings. The Kier molecular flexibility index (Phi) is 10.4. The molecule has 4 unspecified atom stereocenters. The van der Waals surface area contributed by atoms with E-state index < -0.39 is 28.1 Å². The highest BCUT2D eigenvalue weighted by atomic mass is 32.2. The number of Topliss-reactive ketones (excluding diaryl/α,β-unsaturated/α-hetero) is 1. The normalized spacial score (nSPS) is 23.6. The van der Waals surface area contributed by atoms with E-state index in [1.807, 2.05) is 22.2 Å². The van der Waals surface area contributed by atoms with Crippen LogP contribution in [0.3, 0.4) is 0 Å². The summed E-state index contributed by atoms with van der Waals surface area (Å²) in [5.41, 5.74) is 0. The summed E-state index contributed by atoms with van der Waals surface area (Å²) in [6, 6.07) is 3.84. The van der Waals surface area contributed by atoms with Gasteiger partial charge < -0.3 is 15.5 Å². The highest BCUT2D eigenvalue weighted by Crippen LogP contribution is 2.39. The molecule has 1 heterocycles. The summed E-state index contributed by atoms with van der Waals surface area (Å²) in [7, 11) is -3.50. The predicted molar refractivity (Wildman–Crippen MR) is 121 cm³/mol. The molecule has 1 aromatic heterocycles. The van der Waals surface area contributed by atoms with Crippen molar-refractivity contribution in [2.24, 2.45) is 11.8 Å². The number of carbonyl (C=O) groups excluding carboxylic acids is 2. The van der Waals surface area contributed by atoms with Gasteiger partial charge in [-0.25, -0.2) is 8.42 Å². The third kappa shape index (κ3) is 9.67. The lowest BCUT2D eigenvalue weighted by molar-refractivity contribution is -0.119. The van der Waals surface area contributed by atoms with Crippen molar-refractivity contribution in [2.45, 2.75) is 70.0 Å². The summed E-state index contributed by atoms with van der Waals surface area (Å²) in [6.07, 6.45) is 5.15. The third-order valence-corrected chi connectivity index (χ3v) is 7.18. The molecule has 1 aliphatic rings. The van der Waals surface area contributed by atoms with Crippen molar-refractivity contribution in [1.29, 1.82) is 0 Å². The first-order chi connectivity index (χ1) is 14.7. The first-order valence-electron chi connectivity index (χ1n) is 10.8. The number of carbonyl (C=O) groups is 2. The molecule has 176 valence electrons. The summed E-state index contributed by atoms with van der Waals surface area (Å²) in [5, 5.41) is 26.7. The van der Waals surface area contributed by atoms with Crippen molar-refractivity contribution in [3.63, 3.8) is 0 Å². The van der Waals surface area contributed by atoms with Crippen molar-refractivity contribution >= 4 is 38.1 Å². The van der Waals surface area contributed by atoms with E-state index in [0.717, 1.165) is 36.9 Å². The van der Waals surface area contributed by atoms with Crippen LogP contribution >= 0.6 is 11.3 Å². The zero-order chi connectivity index (χ0) is 22.9. The van der Waals surface area contributed by atoms with Gasteiger partial charge in [0, 0.05) is 12.8 Å². The second-order valence-electron chi connectivity index (χ2n) is 8.36. The molecular formula is C21H34N2O6S2. The average Bonchev–Trinajstić information content (AvgIpc) is 3.27. The Labute approximate surface area is 188 Å². The maximum atomic E-state index is 12.2. The highest BCUT2D eigenvalue weighted by Gasteiger charge is 2.40. The zero-order valence-electron chi connectivity index (χ0n) is 18.0. The van der Waals surface area contributed by atoms with Crippen LogP contribution in [0.5, 0.6) is 0 Å². The van der Waals surface area contributed by atoms with Crippen LogP contribution in [0.1, 0.15) is 57.8 Å². The molecular weight excluding hydrogens is 440 g/mol. The van der Waals surface area contributed by atoms with Crippen molar-refractivity contribution in [1.82, 2.24) is 4.72 Å². The molecule has 0 radical (unpaired) electrons.